The van der Waals surface area contributed by atoms with Crippen molar-refractivity contribution in [2.24, 2.45) is 0 Å². The van der Waals surface area contributed by atoms with Gasteiger partial charge >= 0.3 is 0 Å². The number of fused-ring (bicyclic) bond motifs is 2. The third-order valence-electron chi connectivity index (χ3n) is 8.98. The van der Waals surface area contributed by atoms with Crippen LogP contribution >= 0.6 is 0 Å². The summed E-state index contributed by atoms with van der Waals surface area (Å²) < 4.78 is 11.4. The molecule has 1 aromatic carbocycles. The average Bonchev–Trinajstić information content (AvgIpc) is 3.73. The van der Waals surface area contributed by atoms with E-state index in [2.05, 4.69) is 50.2 Å². The van der Waals surface area contributed by atoms with Crippen LogP contribution in [0.4, 0.5) is 17.3 Å². The van der Waals surface area contributed by atoms with Crippen LogP contribution in [-0.2, 0) is 4.74 Å². The number of aryl methyl sites for hydroxylation is 1. The maximum Gasteiger partial charge on any atom is 0.227 e. The first-order valence-corrected chi connectivity index (χ1v) is 14.6. The highest BCUT2D eigenvalue weighted by atomic mass is 16.5. The first kappa shape index (κ1) is 24.8. The van der Waals surface area contributed by atoms with Crippen molar-refractivity contribution in [2.45, 2.75) is 76.1 Å². The van der Waals surface area contributed by atoms with Gasteiger partial charge in [0.2, 0.25) is 11.8 Å². The maximum atomic E-state index is 6.01. The van der Waals surface area contributed by atoms with Gasteiger partial charge in [0.25, 0.3) is 0 Å². The Morgan fingerprint density at radius 2 is 1.79 bits per heavy atom. The molecule has 1 N–H and O–H groups in total. The molecular weight excluding hydrogens is 488 g/mol. The van der Waals surface area contributed by atoms with Gasteiger partial charge in [-0.2, -0.15) is 0 Å². The molecule has 0 amide bonds. The highest BCUT2D eigenvalue weighted by Gasteiger charge is 2.46. The lowest BCUT2D eigenvalue weighted by molar-refractivity contribution is 0.0237. The lowest BCUT2D eigenvalue weighted by Crippen LogP contribution is -2.50. The summed E-state index contributed by atoms with van der Waals surface area (Å²) in [5.74, 6) is 1.22. The molecule has 2 atom stereocenters. The molecule has 1 saturated carbocycles. The van der Waals surface area contributed by atoms with E-state index in [1.165, 1.54) is 49.9 Å². The van der Waals surface area contributed by atoms with E-state index in [9.17, 15) is 0 Å². The van der Waals surface area contributed by atoms with Crippen LogP contribution in [0.5, 0.6) is 5.88 Å². The number of rotatable bonds is 7. The number of likely N-dealkylation sites (tertiary alicyclic amines) is 1. The van der Waals surface area contributed by atoms with Crippen molar-refractivity contribution < 1.29 is 9.47 Å². The molecule has 0 unspecified atom stereocenters. The van der Waals surface area contributed by atoms with Gasteiger partial charge < -0.3 is 19.7 Å². The standard InChI is InChI=1S/C31H38N6O2/c1-21-16-23(7-8-29(21)37-20-25-17-26(37)19-36(25)24-4-2-3-5-24)34-31-32-13-10-28(35-31)22-6-9-30(33-18-22)39-27-11-14-38-15-12-27/h6-10,13,16,18,24-27H,2-5,11-12,14-15,17,19-20H2,1H3,(H,32,34,35)/t25-,26-/m0/s1. The predicted molar refractivity (Wildman–Crippen MR) is 153 cm³/mol. The number of benzene rings is 1. The molecular formula is C31H38N6O2. The lowest BCUT2D eigenvalue weighted by Gasteiger charge is -2.39. The maximum absolute atomic E-state index is 6.01. The molecule has 4 fully saturated rings. The summed E-state index contributed by atoms with van der Waals surface area (Å²) in [5, 5.41) is 3.41. The summed E-state index contributed by atoms with van der Waals surface area (Å²) in [6.45, 7) is 6.11. The Kier molecular flexibility index (Phi) is 6.82. The fraction of sp³-hybridized carbons (Fsp3) is 0.516. The Balaban J connectivity index is 0.997. The molecule has 5 heterocycles. The van der Waals surface area contributed by atoms with Gasteiger partial charge in [0.15, 0.2) is 0 Å². The Morgan fingerprint density at radius 1 is 0.923 bits per heavy atom. The molecule has 3 aromatic rings. The van der Waals surface area contributed by atoms with Crippen LogP contribution in [0.25, 0.3) is 11.3 Å². The predicted octanol–water partition coefficient (Wildman–Crippen LogP) is 5.35. The second-order valence-electron chi connectivity index (χ2n) is 11.5. The molecule has 8 heteroatoms. The quantitative estimate of drug-likeness (QED) is 0.441. The first-order valence-electron chi connectivity index (χ1n) is 14.6. The summed E-state index contributed by atoms with van der Waals surface area (Å²) in [6.07, 6.45) is 12.5. The third-order valence-corrected chi connectivity index (χ3v) is 8.98. The van der Waals surface area contributed by atoms with Crippen LogP contribution in [0, 0.1) is 6.92 Å². The Bertz CT molecular complexity index is 1290. The summed E-state index contributed by atoms with van der Waals surface area (Å²) in [5.41, 5.74) is 5.42. The van der Waals surface area contributed by atoms with Crippen molar-refractivity contribution >= 4 is 17.3 Å². The van der Waals surface area contributed by atoms with Crippen LogP contribution < -0.4 is 15.0 Å². The first-order chi connectivity index (χ1) is 19.2. The lowest BCUT2D eigenvalue weighted by atomic mass is 10.1. The van der Waals surface area contributed by atoms with Crippen LogP contribution in [-0.4, -0.2) is 70.4 Å². The van der Waals surface area contributed by atoms with Gasteiger partial charge in [-0.25, -0.2) is 15.0 Å². The van der Waals surface area contributed by atoms with E-state index >= 15 is 0 Å². The van der Waals surface area contributed by atoms with E-state index < -0.39 is 0 Å². The average molecular weight is 527 g/mol. The second kappa shape index (κ2) is 10.7. The minimum Gasteiger partial charge on any atom is -0.474 e. The van der Waals surface area contributed by atoms with Gasteiger partial charge in [-0.1, -0.05) is 12.8 Å². The van der Waals surface area contributed by atoms with Gasteiger partial charge in [0, 0.05) is 79.5 Å². The molecule has 3 saturated heterocycles. The smallest absolute Gasteiger partial charge is 0.227 e. The molecule has 7 rings (SSSR count). The molecule has 0 radical (unpaired) electrons. The molecule has 2 aromatic heterocycles. The molecule has 0 spiro atoms. The highest BCUT2D eigenvalue weighted by Crippen LogP contribution is 2.40. The molecule has 1 aliphatic carbocycles. The summed E-state index contributed by atoms with van der Waals surface area (Å²) in [7, 11) is 0. The fourth-order valence-electron chi connectivity index (χ4n) is 7.01. The van der Waals surface area contributed by atoms with Crippen LogP contribution in [0.2, 0.25) is 0 Å². The monoisotopic (exact) mass is 526 g/mol. The van der Waals surface area contributed by atoms with Gasteiger partial charge in [-0.3, -0.25) is 4.90 Å². The number of aromatic nitrogens is 3. The Morgan fingerprint density at radius 3 is 2.54 bits per heavy atom. The molecule has 39 heavy (non-hydrogen) atoms. The third kappa shape index (κ3) is 5.20. The van der Waals surface area contributed by atoms with Gasteiger partial charge in [-0.15, -0.1) is 0 Å². The summed E-state index contributed by atoms with van der Waals surface area (Å²) >= 11 is 0. The van der Waals surface area contributed by atoms with E-state index in [0.29, 0.717) is 17.9 Å². The number of nitrogens with one attached hydrogen (secondary N) is 1. The van der Waals surface area contributed by atoms with Crippen molar-refractivity contribution in [3.63, 3.8) is 0 Å². The molecule has 3 aliphatic heterocycles. The van der Waals surface area contributed by atoms with Crippen molar-refractivity contribution in [1.82, 2.24) is 19.9 Å². The van der Waals surface area contributed by atoms with Crippen molar-refractivity contribution in [1.29, 1.82) is 0 Å². The van der Waals surface area contributed by atoms with E-state index in [0.717, 1.165) is 61.6 Å². The minimum absolute atomic E-state index is 0.175. The zero-order chi connectivity index (χ0) is 26.2. The largest absolute Gasteiger partial charge is 0.474 e. The van der Waals surface area contributed by atoms with E-state index in [-0.39, 0.29) is 6.10 Å². The molecule has 4 aliphatic rings. The van der Waals surface area contributed by atoms with E-state index in [1.807, 2.05) is 24.4 Å². The SMILES string of the molecule is Cc1cc(Nc2nccc(-c3ccc(OC4CCOCC4)nc3)n2)ccc1N1C[C@@H]2C[C@H]1CN2C1CCCC1. The van der Waals surface area contributed by atoms with Gasteiger partial charge in [0.05, 0.1) is 18.9 Å². The summed E-state index contributed by atoms with van der Waals surface area (Å²) in [4.78, 5) is 19.2. The number of anilines is 3. The van der Waals surface area contributed by atoms with Gasteiger partial charge in [-0.05, 0) is 62.1 Å². The normalized spacial score (nSPS) is 24.0. The zero-order valence-corrected chi connectivity index (χ0v) is 22.8. The van der Waals surface area contributed by atoms with Crippen LogP contribution in [0.1, 0.15) is 50.5 Å². The minimum atomic E-state index is 0.175. The Labute approximate surface area is 230 Å². The molecule has 8 nitrogen and oxygen atoms in total. The number of hydrogen-bond acceptors (Lipinski definition) is 8. The van der Waals surface area contributed by atoms with Gasteiger partial charge in [0.1, 0.15) is 6.10 Å². The van der Waals surface area contributed by atoms with Crippen LogP contribution in [0.15, 0.2) is 48.8 Å². The fourth-order valence-corrected chi connectivity index (χ4v) is 7.01. The zero-order valence-electron chi connectivity index (χ0n) is 22.8. The topological polar surface area (TPSA) is 75.6 Å². The summed E-state index contributed by atoms with van der Waals surface area (Å²) in [6, 6.07) is 14.7. The Hall–Kier alpha value is -3.23. The molecule has 2 bridgehead atoms. The van der Waals surface area contributed by atoms with Crippen molar-refractivity contribution in [3.8, 4) is 17.1 Å². The van der Waals surface area contributed by atoms with E-state index in [1.54, 1.807) is 6.20 Å². The number of piperazine rings is 1. The number of pyridine rings is 1. The highest BCUT2D eigenvalue weighted by molar-refractivity contribution is 5.66. The van der Waals surface area contributed by atoms with Crippen LogP contribution in [0.3, 0.4) is 0 Å². The number of ether oxygens (including phenoxy) is 2. The van der Waals surface area contributed by atoms with Crippen molar-refractivity contribution in [3.05, 3.63) is 54.4 Å². The molecule has 204 valence electrons. The number of hydrogen-bond donors (Lipinski definition) is 1. The van der Waals surface area contributed by atoms with E-state index in [4.69, 9.17) is 14.5 Å². The number of nitrogens with zero attached hydrogens (tertiary/aromatic N) is 5. The second-order valence-corrected chi connectivity index (χ2v) is 11.5. The van der Waals surface area contributed by atoms with Crippen molar-refractivity contribution in [2.75, 3.05) is 36.5 Å².